The van der Waals surface area contributed by atoms with Crippen LogP contribution in [0, 0.1) is 11.8 Å². The highest BCUT2D eigenvalue weighted by Crippen LogP contribution is 2.39. The third kappa shape index (κ3) is 1.20. The number of hydrogen-bond donors (Lipinski definition) is 1. The lowest BCUT2D eigenvalue weighted by atomic mass is 9.64. The Hall–Kier alpha value is -0.300. The lowest BCUT2D eigenvalue weighted by Gasteiger charge is -2.56. The molecule has 0 aromatic rings. The Kier molecular flexibility index (Phi) is 2.62. The van der Waals surface area contributed by atoms with Gasteiger partial charge in [0.25, 0.3) is 0 Å². The second-order valence-corrected chi connectivity index (χ2v) is 4.25. The molecule has 1 aliphatic heterocycles. The largest absolute Gasteiger partial charge is 0.308 e. The molecule has 4 atom stereocenters. The second kappa shape index (κ2) is 3.21. The Labute approximate surface area is 76.2 Å². The maximum absolute atomic E-state index is 3.86. The summed E-state index contributed by atoms with van der Waals surface area (Å²) >= 11 is 0. The van der Waals surface area contributed by atoms with E-state index in [1.807, 2.05) is 0 Å². The Morgan fingerprint density at radius 1 is 1.67 bits per heavy atom. The molecule has 1 nitrogen and oxygen atoms in total. The van der Waals surface area contributed by atoms with Crippen molar-refractivity contribution >= 4 is 0 Å². The van der Waals surface area contributed by atoms with Crippen LogP contribution in [0.1, 0.15) is 34.1 Å². The molecule has 0 amide bonds. The van der Waals surface area contributed by atoms with E-state index >= 15 is 0 Å². The van der Waals surface area contributed by atoms with Gasteiger partial charge in [0, 0.05) is 11.6 Å². The molecule has 1 saturated heterocycles. The van der Waals surface area contributed by atoms with Crippen LogP contribution in [-0.4, -0.2) is 11.6 Å². The Morgan fingerprint density at radius 2 is 2.25 bits per heavy atom. The lowest BCUT2D eigenvalue weighted by Crippen LogP contribution is -2.71. The molecule has 1 aliphatic rings. The van der Waals surface area contributed by atoms with E-state index in [2.05, 4.69) is 45.7 Å². The molecule has 1 rings (SSSR count). The van der Waals surface area contributed by atoms with Gasteiger partial charge in [-0.15, -0.1) is 6.58 Å². The summed E-state index contributed by atoms with van der Waals surface area (Å²) in [5.74, 6) is 1.38. The van der Waals surface area contributed by atoms with Gasteiger partial charge in [-0.25, -0.2) is 0 Å². The Balaban J connectivity index is 2.67. The third-order valence-corrected chi connectivity index (χ3v) is 3.65. The van der Waals surface area contributed by atoms with Gasteiger partial charge < -0.3 is 5.32 Å². The molecule has 4 unspecified atom stereocenters. The van der Waals surface area contributed by atoms with Gasteiger partial charge in [-0.2, -0.15) is 0 Å². The Bertz CT molecular complexity index is 176. The minimum absolute atomic E-state index is 0.302. The van der Waals surface area contributed by atoms with Crippen molar-refractivity contribution in [2.75, 3.05) is 0 Å². The fraction of sp³-hybridized carbons (Fsp3) is 0.818. The Morgan fingerprint density at radius 3 is 2.58 bits per heavy atom. The molecule has 12 heavy (non-hydrogen) atoms. The molecule has 0 aromatic carbocycles. The smallest absolute Gasteiger partial charge is 0.0258 e. The van der Waals surface area contributed by atoms with Crippen molar-refractivity contribution < 1.29 is 0 Å². The van der Waals surface area contributed by atoms with Crippen LogP contribution in [0.2, 0.25) is 0 Å². The highest BCUT2D eigenvalue weighted by atomic mass is 15.1. The van der Waals surface area contributed by atoms with E-state index in [1.165, 1.54) is 6.42 Å². The molecule has 1 heterocycles. The topological polar surface area (TPSA) is 12.0 Å². The van der Waals surface area contributed by atoms with E-state index in [0.29, 0.717) is 17.5 Å². The molecule has 0 saturated carbocycles. The average Bonchev–Trinajstić information content (AvgIpc) is 2.02. The maximum Gasteiger partial charge on any atom is 0.0258 e. The molecule has 0 aliphatic carbocycles. The van der Waals surface area contributed by atoms with Crippen LogP contribution in [0.3, 0.4) is 0 Å². The van der Waals surface area contributed by atoms with Gasteiger partial charge in [-0.05, 0) is 25.7 Å². The van der Waals surface area contributed by atoms with Crippen molar-refractivity contribution in [2.24, 2.45) is 11.8 Å². The zero-order chi connectivity index (χ0) is 9.35. The van der Waals surface area contributed by atoms with E-state index in [9.17, 15) is 0 Å². The molecule has 0 aromatic heterocycles. The first kappa shape index (κ1) is 9.79. The van der Waals surface area contributed by atoms with E-state index < -0.39 is 0 Å². The molecule has 1 heteroatoms. The van der Waals surface area contributed by atoms with E-state index in [1.54, 1.807) is 0 Å². The van der Waals surface area contributed by atoms with Gasteiger partial charge in [0.15, 0.2) is 0 Å². The van der Waals surface area contributed by atoms with Crippen LogP contribution in [-0.2, 0) is 0 Å². The fourth-order valence-corrected chi connectivity index (χ4v) is 2.61. The van der Waals surface area contributed by atoms with Crippen molar-refractivity contribution in [3.63, 3.8) is 0 Å². The monoisotopic (exact) mass is 167 g/mol. The van der Waals surface area contributed by atoms with Gasteiger partial charge in [0.05, 0.1) is 0 Å². The molecule has 1 fully saturated rings. The summed E-state index contributed by atoms with van der Waals surface area (Å²) in [5.41, 5.74) is 0.302. The summed E-state index contributed by atoms with van der Waals surface area (Å²) in [7, 11) is 0. The van der Waals surface area contributed by atoms with Crippen LogP contribution in [0.5, 0.6) is 0 Å². The number of rotatable bonds is 3. The summed E-state index contributed by atoms with van der Waals surface area (Å²) in [6, 6.07) is 0.683. The molecule has 0 radical (unpaired) electrons. The van der Waals surface area contributed by atoms with Gasteiger partial charge in [0.2, 0.25) is 0 Å². The quantitative estimate of drug-likeness (QED) is 0.637. The van der Waals surface area contributed by atoms with Crippen LogP contribution in [0.25, 0.3) is 0 Å². The highest BCUT2D eigenvalue weighted by molar-refractivity contribution is 5.11. The van der Waals surface area contributed by atoms with Crippen molar-refractivity contribution in [1.82, 2.24) is 5.32 Å². The maximum atomic E-state index is 3.86. The van der Waals surface area contributed by atoms with E-state index in [-0.39, 0.29) is 0 Å². The first-order valence-corrected chi connectivity index (χ1v) is 4.96. The summed E-state index contributed by atoms with van der Waals surface area (Å²) in [6.07, 6.45) is 3.32. The van der Waals surface area contributed by atoms with Crippen molar-refractivity contribution in [3.8, 4) is 0 Å². The summed E-state index contributed by atoms with van der Waals surface area (Å²) < 4.78 is 0. The van der Waals surface area contributed by atoms with E-state index in [0.717, 1.165) is 5.92 Å². The van der Waals surface area contributed by atoms with Crippen LogP contribution < -0.4 is 5.32 Å². The van der Waals surface area contributed by atoms with Gasteiger partial charge >= 0.3 is 0 Å². The third-order valence-electron chi connectivity index (χ3n) is 3.65. The minimum Gasteiger partial charge on any atom is -0.308 e. The van der Waals surface area contributed by atoms with E-state index in [4.69, 9.17) is 0 Å². The molecule has 0 spiro atoms. The second-order valence-electron chi connectivity index (χ2n) is 4.25. The molecule has 70 valence electrons. The summed E-state index contributed by atoms with van der Waals surface area (Å²) in [4.78, 5) is 0. The van der Waals surface area contributed by atoms with Gasteiger partial charge in [0.1, 0.15) is 0 Å². The van der Waals surface area contributed by atoms with Gasteiger partial charge in [-0.3, -0.25) is 0 Å². The van der Waals surface area contributed by atoms with Crippen LogP contribution in [0.15, 0.2) is 12.7 Å². The average molecular weight is 167 g/mol. The fourth-order valence-electron chi connectivity index (χ4n) is 2.61. The molecule has 0 bridgehead atoms. The number of hydrogen-bond acceptors (Lipinski definition) is 1. The minimum atomic E-state index is 0.302. The normalized spacial score (nSPS) is 43.3. The molecule has 1 N–H and O–H groups in total. The van der Waals surface area contributed by atoms with Crippen LogP contribution >= 0.6 is 0 Å². The SMILES string of the molecule is C=CC(C)C1(C)NC(C)C1CC. The standard InChI is InChI=1S/C11H21N/c1-6-8(3)11(5)10(7-2)9(4)12-11/h6,8-10,12H,1,7H2,2-5H3. The van der Waals surface area contributed by atoms with Crippen molar-refractivity contribution in [2.45, 2.75) is 45.7 Å². The predicted octanol–water partition coefficient (Wildman–Crippen LogP) is 2.59. The highest BCUT2D eigenvalue weighted by Gasteiger charge is 2.48. The molecular weight excluding hydrogens is 146 g/mol. The summed E-state index contributed by atoms with van der Waals surface area (Å²) in [5, 5.41) is 3.60. The summed E-state index contributed by atoms with van der Waals surface area (Å²) in [6.45, 7) is 13.0. The number of nitrogens with one attached hydrogen (secondary N) is 1. The van der Waals surface area contributed by atoms with Crippen LogP contribution in [0.4, 0.5) is 0 Å². The van der Waals surface area contributed by atoms with Crippen molar-refractivity contribution in [1.29, 1.82) is 0 Å². The first-order valence-electron chi connectivity index (χ1n) is 4.96. The zero-order valence-corrected chi connectivity index (χ0v) is 8.72. The zero-order valence-electron chi connectivity index (χ0n) is 8.72. The predicted molar refractivity (Wildman–Crippen MR) is 54.1 cm³/mol. The first-order chi connectivity index (χ1) is 5.56. The van der Waals surface area contributed by atoms with Crippen molar-refractivity contribution in [3.05, 3.63) is 12.7 Å². The molecular formula is C11H21N. The lowest BCUT2D eigenvalue weighted by molar-refractivity contribution is 0.0254. The van der Waals surface area contributed by atoms with Gasteiger partial charge in [-0.1, -0.05) is 26.3 Å².